The molecule has 0 aromatic carbocycles. The summed E-state index contributed by atoms with van der Waals surface area (Å²) in [6.07, 6.45) is 17.0. The summed E-state index contributed by atoms with van der Waals surface area (Å²) < 4.78 is 5.81. The summed E-state index contributed by atoms with van der Waals surface area (Å²) in [5, 5.41) is 9.69. The summed E-state index contributed by atoms with van der Waals surface area (Å²) in [6.45, 7) is 14.3. The Morgan fingerprint density at radius 2 is 1.77 bits per heavy atom. The molecule has 31 heavy (non-hydrogen) atoms. The minimum absolute atomic E-state index is 0.215. The first kappa shape index (κ1) is 23.8. The summed E-state index contributed by atoms with van der Waals surface area (Å²) in [5.74, 6) is 5.38. The lowest BCUT2D eigenvalue weighted by molar-refractivity contribution is -0.139. The van der Waals surface area contributed by atoms with E-state index in [1.165, 1.54) is 57.8 Å². The second-order valence-electron chi connectivity index (χ2n) is 12.9. The smallest absolute Gasteiger partial charge is 0.152 e. The second kappa shape index (κ2) is 9.13. The summed E-state index contributed by atoms with van der Waals surface area (Å²) in [5.41, 5.74) is 2.61. The van der Waals surface area contributed by atoms with Gasteiger partial charge in [0.05, 0.1) is 6.10 Å². The van der Waals surface area contributed by atoms with Crippen LogP contribution in [0.4, 0.5) is 0 Å². The van der Waals surface area contributed by atoms with E-state index in [1.807, 2.05) is 0 Å². The highest BCUT2D eigenvalue weighted by atomic mass is 16.6. The molecule has 0 heterocycles. The molecule has 0 amide bonds. The third kappa shape index (κ3) is 4.42. The van der Waals surface area contributed by atoms with E-state index in [-0.39, 0.29) is 6.10 Å². The van der Waals surface area contributed by atoms with Crippen LogP contribution >= 0.6 is 0 Å². The quantitative estimate of drug-likeness (QED) is 0.330. The van der Waals surface area contributed by atoms with Crippen LogP contribution in [-0.2, 0) is 4.74 Å². The normalized spacial score (nSPS) is 44.3. The maximum Gasteiger partial charge on any atom is 0.152 e. The molecular weight excluding hydrogens is 380 g/mol. The molecule has 2 nitrogen and oxygen atoms in total. The lowest BCUT2D eigenvalue weighted by Gasteiger charge is -2.58. The monoisotopic (exact) mass is 430 g/mol. The van der Waals surface area contributed by atoms with Crippen LogP contribution in [-0.4, -0.2) is 17.5 Å². The van der Waals surface area contributed by atoms with Gasteiger partial charge in [0, 0.05) is 0 Å². The number of fused-ring (bicyclic) bond motifs is 5. The predicted octanol–water partition coefficient (Wildman–Crippen LogP) is 7.75. The third-order valence-corrected chi connectivity index (χ3v) is 10.6. The van der Waals surface area contributed by atoms with Crippen LogP contribution in [0.15, 0.2) is 11.6 Å². The Labute approximate surface area is 192 Å². The Morgan fingerprint density at radius 3 is 2.48 bits per heavy atom. The van der Waals surface area contributed by atoms with E-state index in [1.54, 1.807) is 12.5 Å². The molecule has 0 aliphatic heterocycles. The van der Waals surface area contributed by atoms with Crippen LogP contribution in [0, 0.1) is 46.3 Å². The molecule has 1 N–H and O–H groups in total. The number of allylic oxidation sites excluding steroid dienone is 1. The summed E-state index contributed by atoms with van der Waals surface area (Å²) in [7, 11) is 0. The Balaban J connectivity index is 1.46. The van der Waals surface area contributed by atoms with Crippen LogP contribution in [0.1, 0.15) is 112 Å². The minimum atomic E-state index is -0.639. The number of hydrogen-bond donors (Lipinski definition) is 1. The van der Waals surface area contributed by atoms with Gasteiger partial charge in [0.15, 0.2) is 6.29 Å². The molecular formula is C29H50O2. The zero-order chi connectivity index (χ0) is 22.4. The zero-order valence-corrected chi connectivity index (χ0v) is 21.3. The van der Waals surface area contributed by atoms with E-state index >= 15 is 0 Å². The van der Waals surface area contributed by atoms with Crippen molar-refractivity contribution in [3.05, 3.63) is 11.6 Å². The van der Waals surface area contributed by atoms with Gasteiger partial charge in [0.2, 0.25) is 0 Å². The van der Waals surface area contributed by atoms with Crippen molar-refractivity contribution in [2.45, 2.75) is 125 Å². The Bertz CT molecular complexity index is 651. The van der Waals surface area contributed by atoms with Crippen molar-refractivity contribution in [2.75, 3.05) is 0 Å². The fraction of sp³-hybridized carbons (Fsp3) is 0.931. The molecule has 178 valence electrons. The summed E-state index contributed by atoms with van der Waals surface area (Å²) in [4.78, 5) is 0. The number of hydrogen-bond acceptors (Lipinski definition) is 2. The molecule has 4 rings (SSSR count). The fourth-order valence-electron chi connectivity index (χ4n) is 9.05. The summed E-state index contributed by atoms with van der Waals surface area (Å²) in [6, 6.07) is 0. The molecule has 2 heteroatoms. The molecule has 4 aliphatic carbocycles. The number of aliphatic hydroxyl groups excluding tert-OH is 1. The van der Waals surface area contributed by atoms with Crippen LogP contribution in [0.5, 0.6) is 0 Å². The van der Waals surface area contributed by atoms with E-state index < -0.39 is 6.29 Å². The van der Waals surface area contributed by atoms with Crippen molar-refractivity contribution in [2.24, 2.45) is 46.3 Å². The lowest BCUT2D eigenvalue weighted by Crippen LogP contribution is -2.51. The molecule has 0 radical (unpaired) electrons. The molecule has 0 aromatic heterocycles. The standard InChI is InChI=1S/C29H50O2/c1-19(2)8-7-9-20(3)25-12-13-26-24-11-10-22-18-23(31-21(4)30)14-16-28(22,5)27(24)15-17-29(25,26)6/h10,19-21,23-27,30H,7-9,11-18H2,1-6H3/t20-,21?,23+,24+,25-,26+,27?,28+,29-/m1/s1. The first-order valence-electron chi connectivity index (χ1n) is 13.7. The number of ether oxygens (including phenoxy) is 1. The van der Waals surface area contributed by atoms with Gasteiger partial charge in [-0.15, -0.1) is 0 Å². The second-order valence-corrected chi connectivity index (χ2v) is 12.9. The topological polar surface area (TPSA) is 29.5 Å². The molecule has 2 unspecified atom stereocenters. The first-order chi connectivity index (χ1) is 14.6. The molecule has 3 saturated carbocycles. The van der Waals surface area contributed by atoms with Gasteiger partial charge in [-0.2, -0.15) is 0 Å². The van der Waals surface area contributed by atoms with Gasteiger partial charge in [-0.05, 0) is 105 Å². The largest absolute Gasteiger partial charge is 0.368 e. The van der Waals surface area contributed by atoms with Crippen LogP contribution in [0.2, 0.25) is 0 Å². The fourth-order valence-corrected chi connectivity index (χ4v) is 9.05. The van der Waals surface area contributed by atoms with Gasteiger partial charge in [-0.3, -0.25) is 0 Å². The summed E-state index contributed by atoms with van der Waals surface area (Å²) >= 11 is 0. The van der Waals surface area contributed by atoms with Crippen LogP contribution in [0.3, 0.4) is 0 Å². The maximum atomic E-state index is 9.69. The van der Waals surface area contributed by atoms with Crippen molar-refractivity contribution >= 4 is 0 Å². The van der Waals surface area contributed by atoms with Gasteiger partial charge in [-0.1, -0.05) is 65.5 Å². The van der Waals surface area contributed by atoms with Gasteiger partial charge in [0.25, 0.3) is 0 Å². The van der Waals surface area contributed by atoms with Crippen molar-refractivity contribution in [1.29, 1.82) is 0 Å². The van der Waals surface area contributed by atoms with Crippen molar-refractivity contribution in [3.63, 3.8) is 0 Å². The molecule has 0 spiro atoms. The highest BCUT2D eigenvalue weighted by Crippen LogP contribution is 2.67. The SMILES string of the molecule is CC(C)CCC[C@@H](C)[C@H]1CC[C@H]2[C@@H]3CC=C4C[C@@H](OC(C)O)CC[C@]4(C)C3CC[C@]12C. The Morgan fingerprint density at radius 1 is 1.00 bits per heavy atom. The van der Waals surface area contributed by atoms with E-state index in [9.17, 15) is 5.11 Å². The molecule has 4 aliphatic rings. The van der Waals surface area contributed by atoms with Crippen molar-refractivity contribution in [3.8, 4) is 0 Å². The number of aliphatic hydroxyl groups is 1. The van der Waals surface area contributed by atoms with E-state index in [0.29, 0.717) is 10.8 Å². The number of rotatable bonds is 7. The van der Waals surface area contributed by atoms with Gasteiger partial charge >= 0.3 is 0 Å². The average molecular weight is 431 g/mol. The van der Waals surface area contributed by atoms with E-state index in [4.69, 9.17) is 4.74 Å². The molecule has 3 fully saturated rings. The first-order valence-corrected chi connectivity index (χ1v) is 13.7. The zero-order valence-electron chi connectivity index (χ0n) is 21.3. The predicted molar refractivity (Wildman–Crippen MR) is 130 cm³/mol. The Kier molecular flexibility index (Phi) is 7.01. The lowest BCUT2D eigenvalue weighted by atomic mass is 9.47. The highest BCUT2D eigenvalue weighted by molar-refractivity contribution is 5.25. The van der Waals surface area contributed by atoms with Crippen molar-refractivity contribution in [1.82, 2.24) is 0 Å². The van der Waals surface area contributed by atoms with Crippen LogP contribution < -0.4 is 0 Å². The molecule has 0 bridgehead atoms. The van der Waals surface area contributed by atoms with E-state index in [2.05, 4.69) is 40.7 Å². The molecule has 0 aromatic rings. The van der Waals surface area contributed by atoms with Gasteiger partial charge in [-0.25, -0.2) is 0 Å². The van der Waals surface area contributed by atoms with Gasteiger partial charge in [0.1, 0.15) is 0 Å². The highest BCUT2D eigenvalue weighted by Gasteiger charge is 2.59. The van der Waals surface area contributed by atoms with Gasteiger partial charge < -0.3 is 9.84 Å². The Hall–Kier alpha value is -0.340. The van der Waals surface area contributed by atoms with E-state index in [0.717, 1.165) is 48.3 Å². The third-order valence-electron chi connectivity index (χ3n) is 10.6. The van der Waals surface area contributed by atoms with Crippen molar-refractivity contribution < 1.29 is 9.84 Å². The maximum absolute atomic E-state index is 9.69. The van der Waals surface area contributed by atoms with Crippen LogP contribution in [0.25, 0.3) is 0 Å². The molecule has 0 saturated heterocycles. The molecule has 9 atom stereocenters. The average Bonchev–Trinajstić information content (AvgIpc) is 3.05. The minimum Gasteiger partial charge on any atom is -0.368 e.